The van der Waals surface area contributed by atoms with Crippen LogP contribution in [0.4, 0.5) is 0 Å². The number of benzene rings is 7. The van der Waals surface area contributed by atoms with Gasteiger partial charge in [0, 0.05) is 0 Å². The molecule has 0 atom stereocenters. The van der Waals surface area contributed by atoms with Crippen LogP contribution in [0.2, 0.25) is 0 Å². The van der Waals surface area contributed by atoms with Crippen LogP contribution in [0.1, 0.15) is 0 Å². The molecule has 0 saturated heterocycles. The highest BCUT2D eigenvalue weighted by molar-refractivity contribution is 7.86. The summed E-state index contributed by atoms with van der Waals surface area (Å²) in [4.78, 5) is -0.530. The number of fused-ring (bicyclic) bond motifs is 2. The van der Waals surface area contributed by atoms with Gasteiger partial charge in [0.05, 0.1) is 9.79 Å². The molecule has 7 aromatic rings. The molecular formula is C38H24O6S2-2. The van der Waals surface area contributed by atoms with E-state index in [4.69, 9.17) is 0 Å². The number of hydrogen-bond acceptors (Lipinski definition) is 6. The molecule has 8 heteroatoms. The van der Waals surface area contributed by atoms with Crippen LogP contribution in [-0.2, 0) is 20.2 Å². The fourth-order valence-corrected chi connectivity index (χ4v) is 7.10. The number of hydrogen-bond donors (Lipinski definition) is 0. The lowest BCUT2D eigenvalue weighted by Gasteiger charge is -2.18. The molecule has 0 amide bonds. The standard InChI is InChI=1S/C38H26O6S2/c39-45(40,41)31-9-5-7-29(23-31)25-15-19-27(20-16-25)37-33-11-1-2-12-34(33)38(36-14-4-3-13-35(36)37)28-21-17-26(18-22-28)30-8-6-10-32(24-30)46(42,43)44/h1-24H,(H,39,40,41)(H,42,43,44)/p-2. The Bertz CT molecular complexity index is 2270. The fourth-order valence-electron chi connectivity index (χ4n) is 6.07. The van der Waals surface area contributed by atoms with E-state index < -0.39 is 20.2 Å². The van der Waals surface area contributed by atoms with Crippen LogP contribution in [-0.4, -0.2) is 25.9 Å². The first-order valence-electron chi connectivity index (χ1n) is 14.3. The zero-order chi connectivity index (χ0) is 32.1. The zero-order valence-electron chi connectivity index (χ0n) is 24.1. The van der Waals surface area contributed by atoms with Gasteiger partial charge in [0.2, 0.25) is 0 Å². The van der Waals surface area contributed by atoms with Gasteiger partial charge in [0.25, 0.3) is 0 Å². The summed E-state index contributed by atoms with van der Waals surface area (Å²) in [6.07, 6.45) is 0. The van der Waals surface area contributed by atoms with Crippen molar-refractivity contribution in [3.63, 3.8) is 0 Å². The molecule has 0 heterocycles. The Balaban J connectivity index is 1.35. The van der Waals surface area contributed by atoms with E-state index in [1.54, 1.807) is 24.3 Å². The molecule has 0 aromatic heterocycles. The molecule has 0 aliphatic rings. The Kier molecular flexibility index (Phi) is 7.30. The minimum atomic E-state index is -4.57. The quantitative estimate of drug-likeness (QED) is 0.133. The lowest BCUT2D eigenvalue weighted by molar-refractivity contribution is 0.461. The van der Waals surface area contributed by atoms with Crippen molar-refractivity contribution in [2.75, 3.05) is 0 Å². The maximum atomic E-state index is 11.6. The Labute approximate surface area is 266 Å². The average Bonchev–Trinajstić information content (AvgIpc) is 3.07. The minimum Gasteiger partial charge on any atom is -0.744 e. The van der Waals surface area contributed by atoms with E-state index in [1.165, 1.54) is 24.3 Å². The third kappa shape index (κ3) is 5.48. The van der Waals surface area contributed by atoms with E-state index in [0.717, 1.165) is 54.9 Å². The molecule has 0 aliphatic heterocycles. The normalized spacial score (nSPS) is 12.0. The third-order valence-electron chi connectivity index (χ3n) is 8.19. The average molecular weight is 641 g/mol. The van der Waals surface area contributed by atoms with Crippen molar-refractivity contribution in [3.8, 4) is 44.5 Å². The van der Waals surface area contributed by atoms with Gasteiger partial charge < -0.3 is 9.11 Å². The molecule has 0 unspecified atom stereocenters. The second kappa shape index (κ2) is 11.3. The topological polar surface area (TPSA) is 114 Å². The molecule has 0 N–H and O–H groups in total. The molecule has 6 nitrogen and oxygen atoms in total. The van der Waals surface area contributed by atoms with Gasteiger partial charge in [-0.05, 0) is 90.3 Å². The van der Waals surface area contributed by atoms with Crippen LogP contribution < -0.4 is 0 Å². The second-order valence-electron chi connectivity index (χ2n) is 11.0. The van der Waals surface area contributed by atoms with Crippen LogP contribution in [0.25, 0.3) is 66.1 Å². The summed E-state index contributed by atoms with van der Waals surface area (Å²) < 4.78 is 69.5. The van der Waals surface area contributed by atoms with Gasteiger partial charge in [-0.1, -0.05) is 121 Å². The van der Waals surface area contributed by atoms with Gasteiger partial charge in [-0.2, -0.15) is 0 Å². The largest absolute Gasteiger partial charge is 0.744 e. The summed E-state index contributed by atoms with van der Waals surface area (Å²) in [5.41, 5.74) is 6.94. The van der Waals surface area contributed by atoms with Crippen molar-refractivity contribution < 1.29 is 25.9 Å². The zero-order valence-corrected chi connectivity index (χ0v) is 25.8. The Morgan fingerprint density at radius 3 is 0.935 bits per heavy atom. The van der Waals surface area contributed by atoms with E-state index in [-0.39, 0.29) is 9.79 Å². The Hall–Kier alpha value is -5.12. The van der Waals surface area contributed by atoms with Gasteiger partial charge in [-0.25, -0.2) is 16.8 Å². The van der Waals surface area contributed by atoms with Crippen molar-refractivity contribution in [1.82, 2.24) is 0 Å². The van der Waals surface area contributed by atoms with Crippen molar-refractivity contribution in [2.24, 2.45) is 0 Å². The first-order valence-corrected chi connectivity index (χ1v) is 17.2. The van der Waals surface area contributed by atoms with Crippen molar-refractivity contribution >= 4 is 41.8 Å². The molecule has 0 bridgehead atoms. The van der Waals surface area contributed by atoms with Crippen molar-refractivity contribution in [1.29, 1.82) is 0 Å². The smallest absolute Gasteiger partial charge is 0.124 e. The Morgan fingerprint density at radius 1 is 0.326 bits per heavy atom. The third-order valence-corrected chi connectivity index (χ3v) is 9.85. The summed E-state index contributed by atoms with van der Waals surface area (Å²) in [6, 6.07) is 44.2. The lowest BCUT2D eigenvalue weighted by Crippen LogP contribution is -1.98. The summed E-state index contributed by atoms with van der Waals surface area (Å²) in [5.74, 6) is 0. The van der Waals surface area contributed by atoms with Crippen molar-refractivity contribution in [2.45, 2.75) is 9.79 Å². The monoisotopic (exact) mass is 640 g/mol. The first kappa shape index (κ1) is 29.6. The highest BCUT2D eigenvalue weighted by Crippen LogP contribution is 2.44. The summed E-state index contributed by atoms with van der Waals surface area (Å²) >= 11 is 0. The maximum Gasteiger partial charge on any atom is 0.124 e. The minimum absolute atomic E-state index is 0.265. The molecular weight excluding hydrogens is 617 g/mol. The van der Waals surface area contributed by atoms with Gasteiger partial charge >= 0.3 is 0 Å². The van der Waals surface area contributed by atoms with Crippen LogP contribution in [0, 0.1) is 0 Å². The van der Waals surface area contributed by atoms with Crippen molar-refractivity contribution in [3.05, 3.63) is 146 Å². The van der Waals surface area contributed by atoms with Gasteiger partial charge in [0.15, 0.2) is 0 Å². The van der Waals surface area contributed by atoms with Gasteiger partial charge in [0.1, 0.15) is 20.2 Å². The maximum absolute atomic E-state index is 11.6. The Morgan fingerprint density at radius 2 is 0.630 bits per heavy atom. The summed E-state index contributed by atoms with van der Waals surface area (Å²) in [5, 5.41) is 4.23. The van der Waals surface area contributed by atoms with E-state index in [2.05, 4.69) is 24.3 Å². The van der Waals surface area contributed by atoms with Gasteiger partial charge in [-0.3, -0.25) is 0 Å². The predicted molar refractivity (Wildman–Crippen MR) is 179 cm³/mol. The molecule has 0 aliphatic carbocycles. The molecule has 7 aromatic carbocycles. The lowest BCUT2D eigenvalue weighted by atomic mass is 9.85. The molecule has 46 heavy (non-hydrogen) atoms. The highest BCUT2D eigenvalue weighted by Gasteiger charge is 2.17. The predicted octanol–water partition coefficient (Wildman–Crippen LogP) is 8.47. The van der Waals surface area contributed by atoms with E-state index in [1.807, 2.05) is 72.8 Å². The number of rotatable bonds is 6. The van der Waals surface area contributed by atoms with E-state index in [0.29, 0.717) is 11.1 Å². The summed E-state index contributed by atoms with van der Waals surface area (Å²) in [6.45, 7) is 0. The fraction of sp³-hybridized carbons (Fsp3) is 0. The molecule has 0 radical (unpaired) electrons. The second-order valence-corrected chi connectivity index (χ2v) is 13.7. The molecule has 0 fully saturated rings. The van der Waals surface area contributed by atoms with Crippen LogP contribution in [0.15, 0.2) is 155 Å². The molecule has 226 valence electrons. The molecule has 0 spiro atoms. The molecule has 7 rings (SSSR count). The van der Waals surface area contributed by atoms with E-state index >= 15 is 0 Å². The van der Waals surface area contributed by atoms with Crippen LogP contribution in [0.5, 0.6) is 0 Å². The summed E-state index contributed by atoms with van der Waals surface area (Å²) in [7, 11) is -9.13. The van der Waals surface area contributed by atoms with Crippen LogP contribution >= 0.6 is 0 Å². The van der Waals surface area contributed by atoms with Gasteiger partial charge in [-0.15, -0.1) is 0 Å². The van der Waals surface area contributed by atoms with Crippen LogP contribution in [0.3, 0.4) is 0 Å². The highest BCUT2D eigenvalue weighted by atomic mass is 32.2. The first-order chi connectivity index (χ1) is 22.1. The molecule has 0 saturated carbocycles. The van der Waals surface area contributed by atoms with E-state index in [9.17, 15) is 25.9 Å². The SMILES string of the molecule is O=S(=O)([O-])c1cccc(-c2ccc(-c3c4ccccc4c(-c4ccc(-c5cccc(S(=O)(=O)[O-])c5)cc4)c4ccccc34)cc2)c1.